The third-order valence-electron chi connectivity index (χ3n) is 21.6. The van der Waals surface area contributed by atoms with Crippen LogP contribution in [-0.2, 0) is 62.3 Å². The number of nitrogens with two attached hydrogens (primary N) is 4. The van der Waals surface area contributed by atoms with Gasteiger partial charge in [-0.05, 0) is 177 Å². The molecule has 0 aliphatic carbocycles. The van der Waals surface area contributed by atoms with Crippen molar-refractivity contribution in [3.63, 3.8) is 0 Å². The van der Waals surface area contributed by atoms with Gasteiger partial charge in [0.05, 0.1) is 48.5 Å². The molecule has 0 spiro atoms. The van der Waals surface area contributed by atoms with Gasteiger partial charge in [0.1, 0.15) is 52.5 Å². The molecule has 0 bridgehead atoms. The summed E-state index contributed by atoms with van der Waals surface area (Å²) in [6.07, 6.45) is 26.7. The Labute approximate surface area is 732 Å². The number of aliphatic carboxylic acids is 2. The molecule has 700 valence electrons. The minimum Gasteiger partial charge on any atom is -0.494 e. The van der Waals surface area contributed by atoms with Gasteiger partial charge in [0.15, 0.2) is 0 Å². The molecular formula is C92H156N10O21. The molecule has 0 unspecified atom stereocenters. The molecule has 2 aromatic carbocycles. The molecule has 0 radical (unpaired) electrons. The highest BCUT2D eigenvalue weighted by Crippen LogP contribution is 2.28. The minimum absolute atomic E-state index is 0. The maximum atomic E-state index is 13.6. The first kappa shape index (κ1) is 112. The number of amides is 6. The van der Waals surface area contributed by atoms with Crippen LogP contribution in [-0.4, -0.2) is 184 Å². The van der Waals surface area contributed by atoms with Crippen LogP contribution in [0.1, 0.15) is 348 Å². The predicted molar refractivity (Wildman–Crippen MR) is 477 cm³/mol. The number of aromatic carboxylic acids is 2. The zero-order chi connectivity index (χ0) is 91.8. The van der Waals surface area contributed by atoms with Crippen LogP contribution in [0.3, 0.4) is 0 Å². The van der Waals surface area contributed by atoms with Gasteiger partial charge in [-0.25, -0.2) is 19.2 Å². The van der Waals surface area contributed by atoms with Gasteiger partial charge in [-0.2, -0.15) is 0 Å². The zero-order valence-corrected chi connectivity index (χ0v) is 74.6. The van der Waals surface area contributed by atoms with E-state index in [1.54, 1.807) is 24.3 Å². The van der Waals surface area contributed by atoms with Crippen molar-refractivity contribution in [3.05, 3.63) is 59.7 Å². The molecule has 0 saturated heterocycles. The first-order valence-corrected chi connectivity index (χ1v) is 45.3. The summed E-state index contributed by atoms with van der Waals surface area (Å²) in [4.78, 5) is 183. The fraction of sp³-hybridized carbons (Fsp3) is 0.707. The van der Waals surface area contributed by atoms with Gasteiger partial charge >= 0.3 is 23.9 Å². The van der Waals surface area contributed by atoms with Crippen molar-refractivity contribution in [1.82, 2.24) is 31.9 Å². The molecule has 18 N–H and O–H groups in total. The molecule has 31 heteroatoms. The largest absolute Gasteiger partial charge is 0.494 e. The molecule has 0 aliphatic rings. The summed E-state index contributed by atoms with van der Waals surface area (Å²) < 4.78 is 11.3. The fourth-order valence-electron chi connectivity index (χ4n) is 13.4. The zero-order valence-electron chi connectivity index (χ0n) is 74.6. The predicted octanol–water partition coefficient (Wildman–Crippen LogP) is 12.3. The van der Waals surface area contributed by atoms with Crippen LogP contribution < -0.4 is 64.3 Å². The van der Waals surface area contributed by atoms with Gasteiger partial charge in [-0.15, -0.1) is 0 Å². The number of Topliss-reactive ketones (excluding diaryl/α,β-unsaturated/α-hetero) is 5. The van der Waals surface area contributed by atoms with Gasteiger partial charge in [-0.3, -0.25) is 52.7 Å². The van der Waals surface area contributed by atoms with E-state index in [4.69, 9.17) is 42.6 Å². The van der Waals surface area contributed by atoms with E-state index in [1.165, 1.54) is 31.2 Å². The van der Waals surface area contributed by atoms with Gasteiger partial charge < -0.3 is 84.7 Å². The third kappa shape index (κ3) is 57.2. The molecule has 0 saturated carbocycles. The number of benzene rings is 2. The van der Waals surface area contributed by atoms with Crippen molar-refractivity contribution in [2.24, 2.45) is 40.2 Å². The van der Waals surface area contributed by atoms with Crippen LogP contribution in [0.15, 0.2) is 48.5 Å². The SMILES string of the molecule is CCCCNC(=O)[C@@H](N)CCCCCC(=O)CC[C@H](NC(=O)CCCCCCCCCOc1ccc(C(=O)O)cc1)C(=O)O.CC[C@H](N)C(=O)NCCCC[C@H](CC(=O)[C@H](CCCCNC(=O)[C@@H](N)CCCCNC(=O)[C@@H](N)CCCCCC(=O)CC[C@H](NC(=O)CCCCCCCCCOc1ccc(C(=O)O)cc1)C(=O)O)CC(=O)C(C)(C)C)C(C)=O.[HH].[HH]. The summed E-state index contributed by atoms with van der Waals surface area (Å²) in [7, 11) is 0. The second-order valence-corrected chi connectivity index (χ2v) is 33.5. The monoisotopic (exact) mass is 1740 g/mol. The molecule has 2 aromatic rings. The first-order chi connectivity index (χ1) is 58.6. The Morgan fingerprint density at radius 3 is 1.02 bits per heavy atom. The van der Waals surface area contributed by atoms with E-state index in [9.17, 15) is 82.1 Å². The maximum absolute atomic E-state index is 13.6. The first-order valence-electron chi connectivity index (χ1n) is 45.3. The van der Waals surface area contributed by atoms with Crippen molar-refractivity contribution >= 4 is 88.2 Å². The lowest BCUT2D eigenvalue weighted by Crippen LogP contribution is -2.42. The highest BCUT2D eigenvalue weighted by atomic mass is 16.5. The van der Waals surface area contributed by atoms with Gasteiger partial charge in [0, 0.05) is 97.6 Å². The molecule has 8 atom stereocenters. The van der Waals surface area contributed by atoms with Crippen LogP contribution in [0.25, 0.3) is 0 Å². The number of ketones is 5. The Morgan fingerprint density at radius 1 is 0.366 bits per heavy atom. The van der Waals surface area contributed by atoms with Crippen molar-refractivity contribution in [3.8, 4) is 11.5 Å². The van der Waals surface area contributed by atoms with Crippen molar-refractivity contribution in [2.45, 2.75) is 360 Å². The Balaban J connectivity index is 0. The molecule has 0 aromatic heterocycles. The summed E-state index contributed by atoms with van der Waals surface area (Å²) in [6, 6.07) is 7.85. The summed E-state index contributed by atoms with van der Waals surface area (Å²) in [5.41, 5.74) is 23.7. The molecular weight excluding hydrogens is 1580 g/mol. The number of rotatable bonds is 75. The van der Waals surface area contributed by atoms with Gasteiger partial charge in [0.25, 0.3) is 0 Å². The normalized spacial score (nSPS) is 13.2. The molecule has 2 rings (SSSR count). The Hall–Kier alpha value is -9.07. The maximum Gasteiger partial charge on any atom is 0.335 e. The Morgan fingerprint density at radius 2 is 0.683 bits per heavy atom. The number of nitrogens with one attached hydrogen (secondary N) is 6. The van der Waals surface area contributed by atoms with E-state index in [1.807, 2.05) is 27.7 Å². The van der Waals surface area contributed by atoms with E-state index in [0.29, 0.717) is 173 Å². The quantitative estimate of drug-likeness (QED) is 0.0274. The number of unbranched alkanes of at least 4 members (excludes halogenated alkanes) is 20. The Kier molecular flexibility index (Phi) is 62.2. The van der Waals surface area contributed by atoms with Crippen LogP contribution in [0.2, 0.25) is 0 Å². The molecule has 6 amide bonds. The number of hydrogen-bond acceptors (Lipinski definition) is 21. The number of carboxylic acid groups (broad SMARTS) is 4. The topological polar surface area (TPSA) is 532 Å². The van der Waals surface area contributed by atoms with E-state index < -0.39 is 77.4 Å². The van der Waals surface area contributed by atoms with E-state index in [2.05, 4.69) is 38.8 Å². The second kappa shape index (κ2) is 68.3. The lowest BCUT2D eigenvalue weighted by Gasteiger charge is -2.23. The van der Waals surface area contributed by atoms with Crippen molar-refractivity contribution in [2.75, 3.05) is 39.4 Å². The lowest BCUT2D eigenvalue weighted by atomic mass is 9.79. The van der Waals surface area contributed by atoms with Crippen LogP contribution in [0.5, 0.6) is 11.5 Å². The smallest absolute Gasteiger partial charge is 0.335 e. The molecule has 0 fully saturated rings. The van der Waals surface area contributed by atoms with E-state index in [-0.39, 0.29) is 136 Å². The highest BCUT2D eigenvalue weighted by Gasteiger charge is 2.31. The number of hydrogen-bond donors (Lipinski definition) is 14. The number of carbonyl (C=O) groups is 15. The summed E-state index contributed by atoms with van der Waals surface area (Å²) in [6.45, 7) is 13.7. The summed E-state index contributed by atoms with van der Waals surface area (Å²) in [5.74, 6) is -5.99. The summed E-state index contributed by atoms with van der Waals surface area (Å²) >= 11 is 0. The molecule has 123 heavy (non-hydrogen) atoms. The average molecular weight is 1740 g/mol. The summed E-state index contributed by atoms with van der Waals surface area (Å²) in [5, 5.41) is 53.4. The Bertz CT molecular complexity index is 3460. The van der Waals surface area contributed by atoms with Crippen LogP contribution in [0.4, 0.5) is 0 Å². The van der Waals surface area contributed by atoms with E-state index in [0.717, 1.165) is 103 Å². The van der Waals surface area contributed by atoms with Gasteiger partial charge in [0.2, 0.25) is 35.4 Å². The standard InChI is InChI=1S/C59H99N7O13.C33H53N3O8.2H2/c1-6-47(60)54(72)63-35-19-16-23-43(41(2)67)39-51(69)44(40-52(70)59(3,4)5)24-17-20-36-64-56(74)49(62)27-18-21-37-65-55(73)48(61)26-14-12-13-25-45(68)31-34-50(58(77)78)66-53(71)28-15-10-8-7-9-11-22-38-79-46-32-29-42(30-33-46)57(75)76;1-2-3-23-35-31(39)28(34)15-11-9-10-14-26(37)19-22-29(33(42)43)36-30(38)16-12-7-5-4-6-8-13-24-44-27-20-17-25(18-21-27)32(40)41;;/h29-30,32-33,43-44,47-50H,6-28,31,34-40,60-62H2,1-5H3,(H,63,72)(H,64,74)(H,65,73)(H,66,71)(H,75,76)(H,77,78);17-18,20-21,28-29H,2-16,19,22-24,34H2,1H3,(H,35,39)(H,36,38)(H,40,41)(H,42,43);2*1H/t43-,44-,47+,48+,49+,50+;28-,29-;;/m10../s1. The number of carboxylic acids is 4. The highest BCUT2D eigenvalue weighted by molar-refractivity contribution is 5.93. The van der Waals surface area contributed by atoms with Gasteiger partial charge in [-0.1, -0.05) is 144 Å². The fourth-order valence-corrected chi connectivity index (χ4v) is 13.4. The third-order valence-corrected chi connectivity index (χ3v) is 21.6. The minimum atomic E-state index is -1.18. The second-order valence-electron chi connectivity index (χ2n) is 33.5. The molecule has 31 nitrogen and oxygen atoms in total. The molecule has 0 aliphatic heterocycles. The number of carbonyl (C=O) groups excluding carboxylic acids is 11. The molecule has 0 heterocycles. The average Bonchev–Trinajstić information content (AvgIpc) is 0.869. The number of ether oxygens (including phenoxy) is 2. The van der Waals surface area contributed by atoms with Crippen LogP contribution >= 0.6 is 0 Å². The van der Waals surface area contributed by atoms with Crippen molar-refractivity contribution in [1.29, 1.82) is 0 Å². The van der Waals surface area contributed by atoms with E-state index >= 15 is 0 Å². The van der Waals surface area contributed by atoms with Crippen LogP contribution in [0, 0.1) is 17.3 Å². The van der Waals surface area contributed by atoms with Crippen molar-refractivity contribution < 1.29 is 105 Å². The lowest BCUT2D eigenvalue weighted by molar-refractivity contribution is -0.142.